The van der Waals surface area contributed by atoms with Gasteiger partial charge in [-0.15, -0.1) is 0 Å². The predicted octanol–water partition coefficient (Wildman–Crippen LogP) is 3.34. The summed E-state index contributed by atoms with van der Waals surface area (Å²) in [4.78, 5) is 11.5. The summed E-state index contributed by atoms with van der Waals surface area (Å²) in [6.45, 7) is 13.9. The van der Waals surface area contributed by atoms with Gasteiger partial charge in [0, 0.05) is 5.54 Å². The van der Waals surface area contributed by atoms with Crippen LogP contribution in [0.1, 0.15) is 54.9 Å². The van der Waals surface area contributed by atoms with Gasteiger partial charge in [0.15, 0.2) is 0 Å². The Labute approximate surface area is 93.6 Å². The molecule has 0 rings (SSSR count). The summed E-state index contributed by atoms with van der Waals surface area (Å²) >= 11 is 0. The van der Waals surface area contributed by atoms with Crippen molar-refractivity contribution in [2.75, 3.05) is 0 Å². The molecule has 1 N–H and O–H groups in total. The highest BCUT2D eigenvalue weighted by molar-refractivity contribution is 5.68. The Hall–Kier alpha value is -0.730. The molecule has 0 atom stereocenters. The summed E-state index contributed by atoms with van der Waals surface area (Å²) in [6, 6.07) is 0. The van der Waals surface area contributed by atoms with Crippen molar-refractivity contribution >= 4 is 6.09 Å². The summed E-state index contributed by atoms with van der Waals surface area (Å²) in [5.41, 5.74) is -0.644. The van der Waals surface area contributed by atoms with Gasteiger partial charge in [-0.3, -0.25) is 0 Å². The minimum atomic E-state index is -0.399. The van der Waals surface area contributed by atoms with Crippen LogP contribution in [0.25, 0.3) is 0 Å². The molecule has 0 unspecified atom stereocenters. The highest BCUT2D eigenvalue weighted by atomic mass is 16.6. The maximum Gasteiger partial charge on any atom is 0.408 e. The summed E-state index contributed by atoms with van der Waals surface area (Å²) < 4.78 is 5.37. The van der Waals surface area contributed by atoms with Gasteiger partial charge < -0.3 is 10.1 Å². The highest BCUT2D eigenvalue weighted by Gasteiger charge is 2.25. The van der Waals surface area contributed by atoms with Gasteiger partial charge in [-0.05, 0) is 47.0 Å². The first-order valence-electron chi connectivity index (χ1n) is 5.53. The Morgan fingerprint density at radius 1 is 1.20 bits per heavy atom. The topological polar surface area (TPSA) is 38.3 Å². The Morgan fingerprint density at radius 2 is 1.67 bits per heavy atom. The molecular formula is C12H25NO2. The number of carbonyl (C=O) groups is 1. The molecule has 0 fully saturated rings. The van der Waals surface area contributed by atoms with Crippen LogP contribution in [0.2, 0.25) is 0 Å². The second-order valence-electron chi connectivity index (χ2n) is 6.12. The summed E-state index contributed by atoms with van der Waals surface area (Å²) in [6.07, 6.45) is 0.526. The van der Waals surface area contributed by atoms with E-state index >= 15 is 0 Å². The Kier molecular flexibility index (Phi) is 4.63. The third-order valence-electron chi connectivity index (χ3n) is 1.75. The van der Waals surface area contributed by atoms with E-state index in [4.69, 9.17) is 4.74 Å². The number of hydrogen-bond donors (Lipinski definition) is 1. The van der Waals surface area contributed by atoms with E-state index in [0.717, 1.165) is 6.42 Å². The fourth-order valence-corrected chi connectivity index (χ4v) is 1.61. The molecule has 0 radical (unpaired) electrons. The molecule has 0 aliphatic rings. The molecular weight excluding hydrogens is 190 g/mol. The van der Waals surface area contributed by atoms with Crippen LogP contribution < -0.4 is 5.32 Å². The molecule has 0 aliphatic carbocycles. The minimum Gasteiger partial charge on any atom is -0.444 e. The standard InChI is InChI=1S/C12H25NO2/c1-9(2)8-12(6,7)15-10(14)13-11(3,4)5/h9H,8H2,1-7H3,(H,13,14). The molecule has 3 heteroatoms. The maximum atomic E-state index is 11.5. The number of nitrogens with one attached hydrogen (secondary N) is 1. The van der Waals surface area contributed by atoms with Crippen LogP contribution in [0.5, 0.6) is 0 Å². The monoisotopic (exact) mass is 215 g/mol. The zero-order valence-electron chi connectivity index (χ0n) is 11.1. The van der Waals surface area contributed by atoms with Gasteiger partial charge in [0.2, 0.25) is 0 Å². The molecule has 0 saturated heterocycles. The lowest BCUT2D eigenvalue weighted by molar-refractivity contribution is 0.0205. The van der Waals surface area contributed by atoms with Crippen molar-refractivity contribution < 1.29 is 9.53 Å². The van der Waals surface area contributed by atoms with Gasteiger partial charge >= 0.3 is 6.09 Å². The SMILES string of the molecule is CC(C)CC(C)(C)OC(=O)NC(C)(C)C. The lowest BCUT2D eigenvalue weighted by Gasteiger charge is -2.29. The largest absolute Gasteiger partial charge is 0.444 e. The second-order valence-corrected chi connectivity index (χ2v) is 6.12. The zero-order valence-corrected chi connectivity index (χ0v) is 11.1. The molecule has 0 aromatic heterocycles. The van der Waals surface area contributed by atoms with Crippen LogP contribution in [-0.4, -0.2) is 17.2 Å². The molecule has 0 aromatic rings. The molecule has 0 aliphatic heterocycles. The molecule has 0 bridgehead atoms. The van der Waals surface area contributed by atoms with Crippen molar-refractivity contribution in [1.29, 1.82) is 0 Å². The molecule has 0 heterocycles. The first-order chi connectivity index (χ1) is 6.52. The van der Waals surface area contributed by atoms with E-state index in [1.165, 1.54) is 0 Å². The fraction of sp³-hybridized carbons (Fsp3) is 0.917. The minimum absolute atomic E-state index is 0.245. The number of hydrogen-bond acceptors (Lipinski definition) is 2. The molecule has 90 valence electrons. The average Bonchev–Trinajstić information content (AvgIpc) is 1.73. The normalized spacial score (nSPS) is 12.8. The zero-order chi connectivity index (χ0) is 12.3. The molecule has 0 spiro atoms. The van der Waals surface area contributed by atoms with E-state index in [2.05, 4.69) is 19.2 Å². The van der Waals surface area contributed by atoms with Gasteiger partial charge in [0.1, 0.15) is 5.60 Å². The molecule has 0 aromatic carbocycles. The smallest absolute Gasteiger partial charge is 0.408 e. The Morgan fingerprint density at radius 3 is 2.00 bits per heavy atom. The summed E-state index contributed by atoms with van der Waals surface area (Å²) in [5, 5.41) is 2.79. The first kappa shape index (κ1) is 14.3. The average molecular weight is 215 g/mol. The van der Waals surface area contributed by atoms with Crippen molar-refractivity contribution in [3.63, 3.8) is 0 Å². The quantitative estimate of drug-likeness (QED) is 0.784. The van der Waals surface area contributed by atoms with E-state index in [9.17, 15) is 4.79 Å². The first-order valence-corrected chi connectivity index (χ1v) is 5.53. The number of carbonyl (C=O) groups excluding carboxylic acids is 1. The number of amides is 1. The van der Waals surface area contributed by atoms with Crippen molar-refractivity contribution in [2.24, 2.45) is 5.92 Å². The Bertz CT molecular complexity index is 214. The van der Waals surface area contributed by atoms with Crippen LogP contribution in [0, 0.1) is 5.92 Å². The third-order valence-corrected chi connectivity index (χ3v) is 1.75. The van der Waals surface area contributed by atoms with E-state index in [1.54, 1.807) is 0 Å². The maximum absolute atomic E-state index is 11.5. The third kappa shape index (κ3) is 8.28. The highest BCUT2D eigenvalue weighted by Crippen LogP contribution is 2.20. The second kappa shape index (κ2) is 4.86. The van der Waals surface area contributed by atoms with E-state index in [-0.39, 0.29) is 11.6 Å². The Balaban J connectivity index is 4.16. The molecule has 15 heavy (non-hydrogen) atoms. The molecule has 0 saturated carbocycles. The van der Waals surface area contributed by atoms with Crippen molar-refractivity contribution in [2.45, 2.75) is 66.0 Å². The molecule has 3 nitrogen and oxygen atoms in total. The van der Waals surface area contributed by atoms with E-state index in [0.29, 0.717) is 5.92 Å². The van der Waals surface area contributed by atoms with Gasteiger partial charge in [-0.2, -0.15) is 0 Å². The number of rotatable bonds is 3. The van der Waals surface area contributed by atoms with Crippen LogP contribution in [0.3, 0.4) is 0 Å². The van der Waals surface area contributed by atoms with Crippen LogP contribution in [0.15, 0.2) is 0 Å². The molecule has 1 amide bonds. The van der Waals surface area contributed by atoms with Crippen LogP contribution in [-0.2, 0) is 4.74 Å². The predicted molar refractivity (Wildman–Crippen MR) is 62.9 cm³/mol. The van der Waals surface area contributed by atoms with E-state index in [1.807, 2.05) is 34.6 Å². The summed E-state index contributed by atoms with van der Waals surface area (Å²) in [5.74, 6) is 0.516. The van der Waals surface area contributed by atoms with Crippen LogP contribution >= 0.6 is 0 Å². The van der Waals surface area contributed by atoms with Gasteiger partial charge in [-0.1, -0.05) is 13.8 Å². The van der Waals surface area contributed by atoms with Crippen molar-refractivity contribution in [3.05, 3.63) is 0 Å². The van der Waals surface area contributed by atoms with Crippen LogP contribution in [0.4, 0.5) is 4.79 Å². The fourth-order valence-electron chi connectivity index (χ4n) is 1.61. The lowest BCUT2D eigenvalue weighted by atomic mass is 9.96. The number of alkyl carbamates (subject to hydrolysis) is 1. The van der Waals surface area contributed by atoms with Gasteiger partial charge in [-0.25, -0.2) is 4.79 Å². The van der Waals surface area contributed by atoms with E-state index < -0.39 is 5.60 Å². The van der Waals surface area contributed by atoms with Gasteiger partial charge in [0.25, 0.3) is 0 Å². The van der Waals surface area contributed by atoms with Crippen molar-refractivity contribution in [3.8, 4) is 0 Å². The number of ether oxygens (including phenoxy) is 1. The summed E-state index contributed by atoms with van der Waals surface area (Å²) in [7, 11) is 0. The van der Waals surface area contributed by atoms with Crippen molar-refractivity contribution in [1.82, 2.24) is 5.32 Å². The lowest BCUT2D eigenvalue weighted by Crippen LogP contribution is -2.44. The van der Waals surface area contributed by atoms with Gasteiger partial charge in [0.05, 0.1) is 0 Å².